The van der Waals surface area contributed by atoms with Gasteiger partial charge in [0.15, 0.2) is 0 Å². The van der Waals surface area contributed by atoms with Gasteiger partial charge in [0.2, 0.25) is 5.91 Å². The molecule has 1 aromatic rings. The molecule has 1 amide bonds. The molecule has 4 heteroatoms. The Hall–Kier alpha value is -1.42. The minimum Gasteiger partial charge on any atom is -0.354 e. The van der Waals surface area contributed by atoms with Crippen molar-refractivity contribution < 1.29 is 9.18 Å². The maximum Gasteiger partial charge on any atom is 0.230 e. The molecule has 2 N–H and O–H groups in total. The van der Waals surface area contributed by atoms with E-state index in [0.29, 0.717) is 6.54 Å². The first-order valence-electron chi connectivity index (χ1n) is 7.44. The van der Waals surface area contributed by atoms with Gasteiger partial charge in [-0.3, -0.25) is 4.79 Å². The molecule has 0 saturated heterocycles. The summed E-state index contributed by atoms with van der Waals surface area (Å²) in [4.78, 5) is 12.6. The van der Waals surface area contributed by atoms with Crippen LogP contribution in [0.1, 0.15) is 38.2 Å². The Morgan fingerprint density at radius 1 is 1.30 bits per heavy atom. The Balaban J connectivity index is 2.11. The van der Waals surface area contributed by atoms with Crippen LogP contribution in [0.2, 0.25) is 0 Å². The van der Waals surface area contributed by atoms with Crippen LogP contribution in [0.5, 0.6) is 0 Å². The number of hydrogen-bond acceptors (Lipinski definition) is 2. The van der Waals surface area contributed by atoms with Crippen molar-refractivity contribution in [3.8, 4) is 0 Å². The minimum absolute atomic E-state index is 0.0403. The van der Waals surface area contributed by atoms with E-state index in [0.717, 1.165) is 44.3 Å². The lowest BCUT2D eigenvalue weighted by atomic mass is 9.78. The van der Waals surface area contributed by atoms with Gasteiger partial charge in [-0.2, -0.15) is 0 Å². The number of likely N-dealkylation sites (N-methyl/N-ethyl adjacent to an activating group) is 1. The molecule has 0 atom stereocenters. The second kappa shape index (κ2) is 6.84. The number of carbonyl (C=O) groups is 1. The van der Waals surface area contributed by atoms with Gasteiger partial charge in [-0.25, -0.2) is 4.39 Å². The first-order valence-corrected chi connectivity index (χ1v) is 7.44. The first-order chi connectivity index (χ1) is 9.69. The van der Waals surface area contributed by atoms with Crippen molar-refractivity contribution in [1.29, 1.82) is 0 Å². The lowest BCUT2D eigenvalue weighted by Gasteiger charge is -2.28. The highest BCUT2D eigenvalue weighted by atomic mass is 19.1. The maximum absolute atomic E-state index is 13.5. The predicted octanol–water partition coefficient (Wildman–Crippen LogP) is 2.36. The van der Waals surface area contributed by atoms with Crippen LogP contribution < -0.4 is 10.6 Å². The van der Waals surface area contributed by atoms with Crippen LogP contribution in [-0.4, -0.2) is 25.5 Å². The molecule has 1 fully saturated rings. The predicted molar refractivity (Wildman–Crippen MR) is 78.1 cm³/mol. The molecule has 0 aliphatic heterocycles. The van der Waals surface area contributed by atoms with E-state index in [-0.39, 0.29) is 11.7 Å². The Labute approximate surface area is 120 Å². The smallest absolute Gasteiger partial charge is 0.230 e. The molecule has 110 valence electrons. The molecular formula is C16H23FN2O. The second-order valence-electron chi connectivity index (χ2n) is 5.41. The van der Waals surface area contributed by atoms with Gasteiger partial charge in [-0.05, 0) is 37.1 Å². The van der Waals surface area contributed by atoms with Gasteiger partial charge in [0.05, 0.1) is 5.41 Å². The first kappa shape index (κ1) is 15.0. The van der Waals surface area contributed by atoms with Crippen molar-refractivity contribution in [2.45, 2.75) is 38.0 Å². The Bertz CT molecular complexity index is 456. The topological polar surface area (TPSA) is 41.1 Å². The third kappa shape index (κ3) is 3.18. The molecule has 2 rings (SSSR count). The summed E-state index contributed by atoms with van der Waals surface area (Å²) < 4.78 is 13.5. The Morgan fingerprint density at radius 3 is 2.70 bits per heavy atom. The van der Waals surface area contributed by atoms with Gasteiger partial charge < -0.3 is 10.6 Å². The van der Waals surface area contributed by atoms with E-state index in [1.165, 1.54) is 12.1 Å². The van der Waals surface area contributed by atoms with E-state index in [1.807, 2.05) is 13.0 Å². The SMILES string of the molecule is CCNCCNC(=O)C1(c2cccc(F)c2)CCCC1. The van der Waals surface area contributed by atoms with E-state index in [9.17, 15) is 9.18 Å². The number of rotatable bonds is 6. The largest absolute Gasteiger partial charge is 0.354 e. The highest BCUT2D eigenvalue weighted by Crippen LogP contribution is 2.41. The fraction of sp³-hybridized carbons (Fsp3) is 0.562. The van der Waals surface area contributed by atoms with Crippen LogP contribution >= 0.6 is 0 Å². The van der Waals surface area contributed by atoms with E-state index in [2.05, 4.69) is 10.6 Å². The molecule has 20 heavy (non-hydrogen) atoms. The zero-order valence-electron chi connectivity index (χ0n) is 12.0. The van der Waals surface area contributed by atoms with Crippen LogP contribution in [0.4, 0.5) is 4.39 Å². The highest BCUT2D eigenvalue weighted by Gasteiger charge is 2.42. The summed E-state index contributed by atoms with van der Waals surface area (Å²) in [6.45, 7) is 4.31. The molecule has 3 nitrogen and oxygen atoms in total. The normalized spacial score (nSPS) is 17.1. The second-order valence-corrected chi connectivity index (χ2v) is 5.41. The van der Waals surface area contributed by atoms with E-state index < -0.39 is 5.41 Å². The van der Waals surface area contributed by atoms with Crippen molar-refractivity contribution in [2.75, 3.05) is 19.6 Å². The summed E-state index contributed by atoms with van der Waals surface area (Å²) in [5.41, 5.74) is 0.282. The summed E-state index contributed by atoms with van der Waals surface area (Å²) in [7, 11) is 0. The monoisotopic (exact) mass is 278 g/mol. The van der Waals surface area contributed by atoms with Crippen molar-refractivity contribution in [3.05, 3.63) is 35.6 Å². The number of nitrogens with one attached hydrogen (secondary N) is 2. The van der Waals surface area contributed by atoms with Crippen molar-refractivity contribution in [2.24, 2.45) is 0 Å². The number of benzene rings is 1. The minimum atomic E-state index is -0.533. The molecule has 1 aliphatic carbocycles. The molecule has 0 bridgehead atoms. The zero-order chi connectivity index (χ0) is 14.4. The van der Waals surface area contributed by atoms with Crippen LogP contribution in [0.25, 0.3) is 0 Å². The number of carbonyl (C=O) groups excluding carboxylic acids is 1. The van der Waals surface area contributed by atoms with Crippen molar-refractivity contribution in [3.63, 3.8) is 0 Å². The van der Waals surface area contributed by atoms with E-state index >= 15 is 0 Å². The molecule has 0 spiro atoms. The lowest BCUT2D eigenvalue weighted by molar-refractivity contribution is -0.126. The van der Waals surface area contributed by atoms with Crippen molar-refractivity contribution >= 4 is 5.91 Å². The van der Waals surface area contributed by atoms with Gasteiger partial charge in [0.25, 0.3) is 0 Å². The molecule has 1 aromatic carbocycles. The highest BCUT2D eigenvalue weighted by molar-refractivity contribution is 5.88. The molecule has 0 radical (unpaired) electrons. The Morgan fingerprint density at radius 2 is 2.05 bits per heavy atom. The average molecular weight is 278 g/mol. The number of hydrogen-bond donors (Lipinski definition) is 2. The molecule has 0 heterocycles. The van der Waals surface area contributed by atoms with Gasteiger partial charge in [0.1, 0.15) is 5.82 Å². The number of halogens is 1. The summed E-state index contributed by atoms with van der Waals surface area (Å²) in [6, 6.07) is 6.50. The third-order valence-electron chi connectivity index (χ3n) is 4.11. The summed E-state index contributed by atoms with van der Waals surface area (Å²) in [5, 5.41) is 6.18. The van der Waals surface area contributed by atoms with Gasteiger partial charge in [0, 0.05) is 13.1 Å². The van der Waals surface area contributed by atoms with Crippen LogP contribution in [0, 0.1) is 5.82 Å². The maximum atomic E-state index is 13.5. The molecule has 1 saturated carbocycles. The van der Waals surface area contributed by atoms with Crippen LogP contribution in [0.3, 0.4) is 0 Å². The Kier molecular flexibility index (Phi) is 5.12. The van der Waals surface area contributed by atoms with Gasteiger partial charge in [-0.1, -0.05) is 31.9 Å². The van der Waals surface area contributed by atoms with Crippen LogP contribution in [0.15, 0.2) is 24.3 Å². The van der Waals surface area contributed by atoms with Gasteiger partial charge in [-0.15, -0.1) is 0 Å². The summed E-state index contributed by atoms with van der Waals surface area (Å²) in [6.07, 6.45) is 3.67. The van der Waals surface area contributed by atoms with Crippen LogP contribution in [-0.2, 0) is 10.2 Å². The van der Waals surface area contributed by atoms with Crippen molar-refractivity contribution in [1.82, 2.24) is 10.6 Å². The summed E-state index contributed by atoms with van der Waals surface area (Å²) in [5.74, 6) is -0.229. The molecular weight excluding hydrogens is 255 g/mol. The van der Waals surface area contributed by atoms with E-state index in [4.69, 9.17) is 0 Å². The fourth-order valence-corrected chi connectivity index (χ4v) is 3.02. The average Bonchev–Trinajstić information content (AvgIpc) is 2.94. The molecule has 0 unspecified atom stereocenters. The molecule has 1 aliphatic rings. The van der Waals surface area contributed by atoms with Gasteiger partial charge >= 0.3 is 0 Å². The third-order valence-corrected chi connectivity index (χ3v) is 4.11. The lowest BCUT2D eigenvalue weighted by Crippen LogP contribution is -2.44. The zero-order valence-corrected chi connectivity index (χ0v) is 12.0. The molecule has 0 aromatic heterocycles. The summed E-state index contributed by atoms with van der Waals surface area (Å²) >= 11 is 0. The fourth-order valence-electron chi connectivity index (χ4n) is 3.02. The standard InChI is InChI=1S/C16H23FN2O/c1-2-18-10-11-19-15(20)16(8-3-4-9-16)13-6-5-7-14(17)12-13/h5-7,12,18H,2-4,8-11H2,1H3,(H,19,20). The quantitative estimate of drug-likeness (QED) is 0.784. The number of amides is 1. The van der Waals surface area contributed by atoms with E-state index in [1.54, 1.807) is 6.07 Å².